The van der Waals surface area contributed by atoms with Crippen LogP contribution in [-0.4, -0.2) is 54.8 Å². The number of hydrogen-bond donors (Lipinski definition) is 1. The van der Waals surface area contributed by atoms with Crippen LogP contribution in [0.5, 0.6) is 5.75 Å². The lowest BCUT2D eigenvalue weighted by atomic mass is 10.1. The SMILES string of the molecule is COc1ccc(F)cc1C(=O)N1CCOC(CC(=O)O)C1. The molecule has 0 saturated carbocycles. The third-order valence-corrected chi connectivity index (χ3v) is 3.22. The van der Waals surface area contributed by atoms with Crippen molar-refractivity contribution >= 4 is 11.9 Å². The molecule has 1 unspecified atom stereocenters. The number of carbonyl (C=O) groups is 2. The van der Waals surface area contributed by atoms with Gasteiger partial charge in [-0.05, 0) is 18.2 Å². The second-order valence-corrected chi connectivity index (χ2v) is 4.69. The molecule has 2 rings (SSSR count). The first-order chi connectivity index (χ1) is 10.0. The van der Waals surface area contributed by atoms with E-state index in [9.17, 15) is 14.0 Å². The number of rotatable bonds is 4. The molecule has 0 aliphatic carbocycles. The highest BCUT2D eigenvalue weighted by Crippen LogP contribution is 2.22. The first-order valence-electron chi connectivity index (χ1n) is 6.47. The summed E-state index contributed by atoms with van der Waals surface area (Å²) in [6, 6.07) is 3.71. The zero-order valence-corrected chi connectivity index (χ0v) is 11.5. The van der Waals surface area contributed by atoms with Crippen molar-refractivity contribution < 1.29 is 28.6 Å². The number of benzene rings is 1. The quantitative estimate of drug-likeness (QED) is 0.902. The molecule has 21 heavy (non-hydrogen) atoms. The molecule has 7 heteroatoms. The van der Waals surface area contributed by atoms with Crippen LogP contribution in [0.1, 0.15) is 16.8 Å². The first kappa shape index (κ1) is 15.2. The van der Waals surface area contributed by atoms with Crippen molar-refractivity contribution in [3.63, 3.8) is 0 Å². The highest BCUT2D eigenvalue weighted by Gasteiger charge is 2.28. The van der Waals surface area contributed by atoms with E-state index in [2.05, 4.69) is 0 Å². The van der Waals surface area contributed by atoms with Crippen LogP contribution >= 0.6 is 0 Å². The number of halogens is 1. The lowest BCUT2D eigenvalue weighted by molar-refractivity contribution is -0.141. The summed E-state index contributed by atoms with van der Waals surface area (Å²) >= 11 is 0. The average Bonchev–Trinajstić information content (AvgIpc) is 2.46. The lowest BCUT2D eigenvalue weighted by Gasteiger charge is -2.32. The first-order valence-corrected chi connectivity index (χ1v) is 6.47. The van der Waals surface area contributed by atoms with Crippen molar-refractivity contribution in [3.05, 3.63) is 29.6 Å². The van der Waals surface area contributed by atoms with Crippen LogP contribution in [0.2, 0.25) is 0 Å². The number of hydrogen-bond acceptors (Lipinski definition) is 4. The van der Waals surface area contributed by atoms with Gasteiger partial charge in [0, 0.05) is 13.1 Å². The zero-order chi connectivity index (χ0) is 15.4. The number of ether oxygens (including phenoxy) is 2. The number of amides is 1. The molecule has 1 aromatic rings. The predicted octanol–water partition coefficient (Wildman–Crippen LogP) is 1.15. The molecule has 0 aromatic heterocycles. The Morgan fingerprint density at radius 1 is 1.52 bits per heavy atom. The molecule has 1 fully saturated rings. The highest BCUT2D eigenvalue weighted by atomic mass is 19.1. The minimum Gasteiger partial charge on any atom is -0.496 e. The van der Waals surface area contributed by atoms with Crippen molar-refractivity contribution in [1.29, 1.82) is 0 Å². The minimum absolute atomic E-state index is 0.119. The number of carboxylic acids is 1. The topological polar surface area (TPSA) is 76.1 Å². The van der Waals surface area contributed by atoms with E-state index in [0.29, 0.717) is 6.54 Å². The van der Waals surface area contributed by atoms with Gasteiger partial charge in [0.25, 0.3) is 5.91 Å². The van der Waals surface area contributed by atoms with Crippen LogP contribution in [-0.2, 0) is 9.53 Å². The molecule has 1 heterocycles. The maximum atomic E-state index is 13.3. The van der Waals surface area contributed by atoms with Crippen molar-refractivity contribution in [1.82, 2.24) is 4.90 Å². The van der Waals surface area contributed by atoms with Gasteiger partial charge < -0.3 is 19.5 Å². The summed E-state index contributed by atoms with van der Waals surface area (Å²) in [5.74, 6) is -1.64. The Labute approximate surface area is 121 Å². The van der Waals surface area contributed by atoms with E-state index in [0.717, 1.165) is 6.07 Å². The molecule has 114 valence electrons. The molecule has 0 bridgehead atoms. The van der Waals surface area contributed by atoms with Crippen molar-refractivity contribution in [2.45, 2.75) is 12.5 Å². The largest absolute Gasteiger partial charge is 0.496 e. The Kier molecular flexibility index (Phi) is 4.74. The predicted molar refractivity (Wildman–Crippen MR) is 70.8 cm³/mol. The normalized spacial score (nSPS) is 18.4. The molecule has 1 atom stereocenters. The monoisotopic (exact) mass is 297 g/mol. The number of carboxylic acid groups (broad SMARTS) is 1. The number of carbonyl (C=O) groups excluding carboxylic acids is 1. The molecule has 6 nitrogen and oxygen atoms in total. The Hall–Kier alpha value is -2.15. The summed E-state index contributed by atoms with van der Waals surface area (Å²) in [5.41, 5.74) is 0.119. The zero-order valence-electron chi connectivity index (χ0n) is 11.5. The van der Waals surface area contributed by atoms with E-state index < -0.39 is 23.8 Å². The fourth-order valence-electron chi connectivity index (χ4n) is 2.24. The van der Waals surface area contributed by atoms with Crippen molar-refractivity contribution in [2.24, 2.45) is 0 Å². The average molecular weight is 297 g/mol. The van der Waals surface area contributed by atoms with Gasteiger partial charge in [0.05, 0.1) is 31.8 Å². The lowest BCUT2D eigenvalue weighted by Crippen LogP contribution is -2.46. The number of methoxy groups -OCH3 is 1. The maximum Gasteiger partial charge on any atom is 0.306 e. The summed E-state index contributed by atoms with van der Waals surface area (Å²) in [7, 11) is 1.40. The van der Waals surface area contributed by atoms with Crippen LogP contribution in [0.4, 0.5) is 4.39 Å². The Morgan fingerprint density at radius 2 is 2.29 bits per heavy atom. The molecular formula is C14H16FNO5. The number of nitrogens with zero attached hydrogens (tertiary/aromatic N) is 1. The Bertz CT molecular complexity index is 548. The molecule has 0 radical (unpaired) electrons. The molecule has 1 amide bonds. The van der Waals surface area contributed by atoms with Gasteiger partial charge in [-0.1, -0.05) is 0 Å². The van der Waals surface area contributed by atoms with Gasteiger partial charge in [-0.3, -0.25) is 9.59 Å². The van der Waals surface area contributed by atoms with Crippen molar-refractivity contribution in [2.75, 3.05) is 26.8 Å². The van der Waals surface area contributed by atoms with Crippen LogP contribution in [0.25, 0.3) is 0 Å². The molecular weight excluding hydrogens is 281 g/mol. The maximum absolute atomic E-state index is 13.3. The Morgan fingerprint density at radius 3 is 2.95 bits per heavy atom. The van der Waals surface area contributed by atoms with E-state index in [1.807, 2.05) is 0 Å². The highest BCUT2D eigenvalue weighted by molar-refractivity contribution is 5.97. The van der Waals surface area contributed by atoms with Crippen LogP contribution in [0, 0.1) is 5.82 Å². The van der Waals surface area contributed by atoms with Gasteiger partial charge in [-0.25, -0.2) is 4.39 Å². The second-order valence-electron chi connectivity index (χ2n) is 4.69. The van der Waals surface area contributed by atoms with E-state index in [4.69, 9.17) is 14.6 Å². The van der Waals surface area contributed by atoms with Crippen molar-refractivity contribution in [3.8, 4) is 5.75 Å². The minimum atomic E-state index is -0.988. The van der Waals surface area contributed by atoms with Gasteiger partial charge >= 0.3 is 5.97 Å². The fraction of sp³-hybridized carbons (Fsp3) is 0.429. The molecule has 1 aromatic carbocycles. The summed E-state index contributed by atoms with van der Waals surface area (Å²) in [6.45, 7) is 0.737. The summed E-state index contributed by atoms with van der Waals surface area (Å²) in [4.78, 5) is 24.6. The standard InChI is InChI=1S/C14H16FNO5/c1-20-12-3-2-9(15)6-11(12)14(19)16-4-5-21-10(8-16)7-13(17)18/h2-3,6,10H,4-5,7-8H2,1H3,(H,17,18). The van der Waals surface area contributed by atoms with Crippen LogP contribution in [0.15, 0.2) is 18.2 Å². The van der Waals surface area contributed by atoms with E-state index in [1.165, 1.54) is 24.1 Å². The van der Waals surface area contributed by atoms with E-state index in [1.54, 1.807) is 0 Å². The number of morpholine rings is 1. The third kappa shape index (κ3) is 3.69. The van der Waals surface area contributed by atoms with Crippen LogP contribution < -0.4 is 4.74 Å². The van der Waals surface area contributed by atoms with E-state index in [-0.39, 0.29) is 30.9 Å². The molecule has 1 saturated heterocycles. The number of aliphatic carboxylic acids is 1. The molecule has 1 aliphatic heterocycles. The van der Waals surface area contributed by atoms with Gasteiger partial charge in [-0.15, -0.1) is 0 Å². The smallest absolute Gasteiger partial charge is 0.306 e. The molecule has 0 spiro atoms. The summed E-state index contributed by atoms with van der Waals surface area (Å²) < 4.78 is 23.7. The fourth-order valence-corrected chi connectivity index (χ4v) is 2.24. The third-order valence-electron chi connectivity index (χ3n) is 3.22. The van der Waals surface area contributed by atoms with Gasteiger partial charge in [-0.2, -0.15) is 0 Å². The van der Waals surface area contributed by atoms with Gasteiger partial charge in [0.2, 0.25) is 0 Å². The second kappa shape index (κ2) is 6.53. The molecule has 1 N–H and O–H groups in total. The molecule has 1 aliphatic rings. The van der Waals surface area contributed by atoms with Crippen LogP contribution in [0.3, 0.4) is 0 Å². The van der Waals surface area contributed by atoms with Gasteiger partial charge in [0.1, 0.15) is 11.6 Å². The van der Waals surface area contributed by atoms with E-state index >= 15 is 0 Å². The Balaban J connectivity index is 2.15. The summed E-state index contributed by atoms with van der Waals surface area (Å²) in [6.07, 6.45) is -0.732. The van der Waals surface area contributed by atoms with Gasteiger partial charge in [0.15, 0.2) is 0 Å². The summed E-state index contributed by atoms with van der Waals surface area (Å²) in [5, 5.41) is 8.77.